The fraction of sp³-hybridized carbons (Fsp3) is 0.263. The highest BCUT2D eigenvalue weighted by molar-refractivity contribution is 8.01. The van der Waals surface area contributed by atoms with Crippen LogP contribution in [0.4, 0.5) is 11.4 Å². The van der Waals surface area contributed by atoms with E-state index in [1.54, 1.807) is 12.1 Å². The highest BCUT2D eigenvalue weighted by Crippen LogP contribution is 2.36. The van der Waals surface area contributed by atoms with Crippen molar-refractivity contribution in [2.24, 2.45) is 0 Å². The van der Waals surface area contributed by atoms with Crippen LogP contribution in [0.15, 0.2) is 52.3 Å². The second-order valence-electron chi connectivity index (χ2n) is 6.32. The van der Waals surface area contributed by atoms with E-state index < -0.39 is 0 Å². The number of hydrogen-bond donors (Lipinski definition) is 3. The topological polar surface area (TPSA) is 70.2 Å². The molecule has 0 saturated carbocycles. The Balaban J connectivity index is 1.72. The van der Waals surface area contributed by atoms with Gasteiger partial charge in [-0.05, 0) is 69.1 Å². The fourth-order valence-electron chi connectivity index (χ4n) is 2.38. The van der Waals surface area contributed by atoms with Crippen LogP contribution in [0, 0.1) is 0 Å². The van der Waals surface area contributed by atoms with Crippen LogP contribution >= 0.6 is 23.7 Å². The van der Waals surface area contributed by atoms with Crippen molar-refractivity contribution in [3.05, 3.63) is 48.0 Å². The van der Waals surface area contributed by atoms with Crippen molar-refractivity contribution in [3.8, 4) is 0 Å². The molecule has 0 bridgehead atoms. The van der Waals surface area contributed by atoms with Crippen molar-refractivity contribution in [2.45, 2.75) is 41.9 Å². The molecule has 2 aromatic carbocycles. The van der Waals surface area contributed by atoms with Crippen LogP contribution in [0.3, 0.4) is 0 Å². The molecule has 0 aliphatic carbocycles. The van der Waals surface area contributed by atoms with Gasteiger partial charge in [-0.25, -0.2) is 0 Å². The number of benzene rings is 2. The van der Waals surface area contributed by atoms with Crippen LogP contribution in [0.5, 0.6) is 0 Å². The summed E-state index contributed by atoms with van der Waals surface area (Å²) in [5.74, 6) is -0.243. The van der Waals surface area contributed by atoms with E-state index in [0.29, 0.717) is 17.3 Å². The largest absolute Gasteiger partial charge is 0.324 e. The average Bonchev–Trinajstić information content (AvgIpc) is 2.61. The first-order valence-corrected chi connectivity index (χ1v) is 10.1. The molecule has 2 aromatic rings. The third-order valence-corrected chi connectivity index (χ3v) is 5.93. The zero-order chi connectivity index (χ0) is 18.7. The molecule has 0 saturated heterocycles. The van der Waals surface area contributed by atoms with Crippen LogP contribution in [0.25, 0.3) is 0 Å². The van der Waals surface area contributed by atoms with Gasteiger partial charge in [0.05, 0.1) is 10.9 Å². The molecule has 5 nitrogen and oxygen atoms in total. The van der Waals surface area contributed by atoms with E-state index in [2.05, 4.69) is 29.2 Å². The summed E-state index contributed by atoms with van der Waals surface area (Å²) < 4.78 is 3.28. The van der Waals surface area contributed by atoms with E-state index in [-0.39, 0.29) is 17.1 Å². The van der Waals surface area contributed by atoms with Crippen molar-refractivity contribution >= 4 is 46.9 Å². The minimum Gasteiger partial charge on any atom is -0.324 e. The lowest BCUT2D eigenvalue weighted by molar-refractivity contribution is -0.115. The Labute approximate surface area is 161 Å². The summed E-state index contributed by atoms with van der Waals surface area (Å²) in [5, 5.41) is 5.64. The minimum absolute atomic E-state index is 0.0394. The number of nitrogens with one attached hydrogen (secondary N) is 3. The van der Waals surface area contributed by atoms with Gasteiger partial charge < -0.3 is 10.6 Å². The Hall–Kier alpha value is -1.96. The van der Waals surface area contributed by atoms with Gasteiger partial charge in [0, 0.05) is 27.1 Å². The van der Waals surface area contributed by atoms with Crippen molar-refractivity contribution in [1.29, 1.82) is 0 Å². The smallest absolute Gasteiger partial charge is 0.255 e. The van der Waals surface area contributed by atoms with E-state index in [4.69, 9.17) is 0 Å². The molecule has 3 N–H and O–H groups in total. The molecule has 0 radical (unpaired) electrons. The van der Waals surface area contributed by atoms with Gasteiger partial charge in [0.2, 0.25) is 5.91 Å². The molecule has 26 heavy (non-hydrogen) atoms. The molecule has 1 aliphatic heterocycles. The number of anilines is 2. The SMILES string of the molecule is CC(C)NSc1cccc(NC(=O)c2ccc3c(c2)NC(=O)[C@@H](C)S3)c1. The number of carbonyl (C=O) groups excluding carboxylic acids is 2. The summed E-state index contributed by atoms with van der Waals surface area (Å²) in [7, 11) is 0. The molecule has 2 amide bonds. The normalized spacial score (nSPS) is 16.2. The summed E-state index contributed by atoms with van der Waals surface area (Å²) in [6, 6.07) is 13.4. The van der Waals surface area contributed by atoms with Crippen molar-refractivity contribution in [2.75, 3.05) is 10.6 Å². The molecule has 1 aliphatic rings. The number of carbonyl (C=O) groups is 2. The van der Waals surface area contributed by atoms with Gasteiger partial charge in [0.1, 0.15) is 0 Å². The highest BCUT2D eigenvalue weighted by Gasteiger charge is 2.23. The van der Waals surface area contributed by atoms with Crippen LogP contribution in [0.2, 0.25) is 0 Å². The lowest BCUT2D eigenvalue weighted by Crippen LogP contribution is -2.26. The summed E-state index contributed by atoms with van der Waals surface area (Å²) in [4.78, 5) is 26.4. The zero-order valence-corrected chi connectivity index (χ0v) is 16.5. The standard InChI is InChI=1S/C19H21N3O2S2/c1-11(2)22-26-15-6-4-5-14(10-15)20-19(24)13-7-8-17-16(9-13)21-18(23)12(3)25-17/h4-12,22H,1-3H3,(H,20,24)(H,21,23)/t12-/m1/s1. The average molecular weight is 388 g/mol. The Morgan fingerprint density at radius 3 is 2.81 bits per heavy atom. The molecular formula is C19H21N3O2S2. The first kappa shape index (κ1) is 18.8. The van der Waals surface area contributed by atoms with Crippen molar-refractivity contribution in [1.82, 2.24) is 4.72 Å². The zero-order valence-electron chi connectivity index (χ0n) is 14.8. The van der Waals surface area contributed by atoms with Crippen LogP contribution < -0.4 is 15.4 Å². The summed E-state index contributed by atoms with van der Waals surface area (Å²) in [6.45, 7) is 6.02. The Bertz CT molecular complexity index is 839. The van der Waals surface area contributed by atoms with Gasteiger partial charge in [-0.2, -0.15) is 0 Å². The summed E-state index contributed by atoms with van der Waals surface area (Å²) >= 11 is 3.03. The quantitative estimate of drug-likeness (QED) is 0.664. The molecule has 0 spiro atoms. The molecule has 3 rings (SSSR count). The van der Waals surface area contributed by atoms with Crippen LogP contribution in [-0.4, -0.2) is 23.1 Å². The minimum atomic E-state index is -0.204. The van der Waals surface area contributed by atoms with E-state index >= 15 is 0 Å². The van der Waals surface area contributed by atoms with Crippen LogP contribution in [-0.2, 0) is 4.79 Å². The van der Waals surface area contributed by atoms with Gasteiger partial charge in [0.15, 0.2) is 0 Å². The monoisotopic (exact) mass is 387 g/mol. The van der Waals surface area contributed by atoms with Gasteiger partial charge in [-0.15, -0.1) is 11.8 Å². The Morgan fingerprint density at radius 2 is 2.04 bits per heavy atom. The summed E-state index contributed by atoms with van der Waals surface area (Å²) in [6.07, 6.45) is 0. The number of thioether (sulfide) groups is 1. The second kappa shape index (κ2) is 8.16. The van der Waals surface area contributed by atoms with Gasteiger partial charge >= 0.3 is 0 Å². The number of fused-ring (bicyclic) bond motifs is 1. The first-order chi connectivity index (χ1) is 12.4. The maximum absolute atomic E-state index is 12.6. The molecule has 1 atom stereocenters. The van der Waals surface area contributed by atoms with Crippen molar-refractivity contribution < 1.29 is 9.59 Å². The summed E-state index contributed by atoms with van der Waals surface area (Å²) in [5.41, 5.74) is 1.93. The van der Waals surface area contributed by atoms with E-state index in [0.717, 1.165) is 15.5 Å². The molecular weight excluding hydrogens is 366 g/mol. The molecule has 0 fully saturated rings. The van der Waals surface area contributed by atoms with Gasteiger partial charge in [0.25, 0.3) is 5.91 Å². The second-order valence-corrected chi connectivity index (χ2v) is 8.61. The molecule has 7 heteroatoms. The third kappa shape index (κ3) is 4.60. The first-order valence-electron chi connectivity index (χ1n) is 8.38. The molecule has 0 unspecified atom stereocenters. The van der Waals surface area contributed by atoms with E-state index in [1.165, 1.54) is 23.7 Å². The molecule has 1 heterocycles. The Morgan fingerprint density at radius 1 is 1.23 bits per heavy atom. The maximum atomic E-state index is 12.6. The molecule has 136 valence electrons. The number of amides is 2. The van der Waals surface area contributed by atoms with E-state index in [1.807, 2.05) is 37.3 Å². The van der Waals surface area contributed by atoms with Gasteiger partial charge in [-0.3, -0.25) is 14.3 Å². The lowest BCUT2D eigenvalue weighted by Gasteiger charge is -2.21. The van der Waals surface area contributed by atoms with Crippen LogP contribution in [0.1, 0.15) is 31.1 Å². The lowest BCUT2D eigenvalue weighted by atomic mass is 10.1. The van der Waals surface area contributed by atoms with Gasteiger partial charge in [-0.1, -0.05) is 6.07 Å². The third-order valence-electron chi connectivity index (χ3n) is 3.68. The predicted molar refractivity (Wildman–Crippen MR) is 109 cm³/mol. The fourth-order valence-corrected chi connectivity index (χ4v) is 4.01. The highest BCUT2D eigenvalue weighted by atomic mass is 32.2. The maximum Gasteiger partial charge on any atom is 0.255 e. The van der Waals surface area contributed by atoms with E-state index in [9.17, 15) is 9.59 Å². The number of rotatable bonds is 5. The molecule has 0 aromatic heterocycles. The Kier molecular flexibility index (Phi) is 5.90. The predicted octanol–water partition coefficient (Wildman–Crippen LogP) is 4.38. The number of hydrogen-bond acceptors (Lipinski definition) is 5. The van der Waals surface area contributed by atoms with Crippen molar-refractivity contribution in [3.63, 3.8) is 0 Å².